The van der Waals surface area contributed by atoms with Crippen LogP contribution in [0.3, 0.4) is 0 Å². The molecule has 3 N–H and O–H groups in total. The second kappa shape index (κ2) is 7.46. The van der Waals surface area contributed by atoms with E-state index in [4.69, 9.17) is 5.73 Å². The Kier molecular flexibility index (Phi) is 5.62. The average Bonchev–Trinajstić information content (AvgIpc) is 2.47. The molecule has 0 radical (unpaired) electrons. The van der Waals surface area contributed by atoms with Gasteiger partial charge >= 0.3 is 0 Å². The van der Waals surface area contributed by atoms with E-state index in [0.717, 1.165) is 37.3 Å². The highest BCUT2D eigenvalue weighted by Crippen LogP contribution is 2.23. The Morgan fingerprint density at radius 3 is 2.86 bits per heavy atom. The maximum Gasteiger partial charge on any atom is 0.250 e. The molecule has 1 aromatic carbocycles. The predicted octanol–water partition coefficient (Wildman–Crippen LogP) is 2.45. The van der Waals surface area contributed by atoms with Crippen molar-refractivity contribution in [3.05, 3.63) is 29.3 Å². The number of nitrogens with one attached hydrogen (secondary N) is 1. The molecule has 0 aromatic heterocycles. The first kappa shape index (κ1) is 15.8. The topological polar surface area (TPSA) is 58.4 Å². The monoisotopic (exact) mass is 289 g/mol. The molecule has 1 atom stereocenters. The highest BCUT2D eigenvalue weighted by molar-refractivity contribution is 5.98. The summed E-state index contributed by atoms with van der Waals surface area (Å²) in [5.41, 5.74) is 8.32. The van der Waals surface area contributed by atoms with Crippen LogP contribution in [-0.4, -0.2) is 31.6 Å². The minimum atomic E-state index is -0.345. The van der Waals surface area contributed by atoms with Gasteiger partial charge in [-0.25, -0.2) is 0 Å². The van der Waals surface area contributed by atoms with Crippen LogP contribution in [0, 0.1) is 6.92 Å². The number of hydrogen-bond donors (Lipinski definition) is 2. The van der Waals surface area contributed by atoms with Crippen LogP contribution >= 0.6 is 0 Å². The van der Waals surface area contributed by atoms with Crippen LogP contribution in [-0.2, 0) is 0 Å². The van der Waals surface area contributed by atoms with Gasteiger partial charge < -0.3 is 16.0 Å². The van der Waals surface area contributed by atoms with Gasteiger partial charge in [-0.2, -0.15) is 0 Å². The average molecular weight is 289 g/mol. The Morgan fingerprint density at radius 2 is 2.24 bits per heavy atom. The fourth-order valence-corrected chi connectivity index (χ4v) is 3.04. The number of hydrogen-bond acceptors (Lipinski definition) is 3. The van der Waals surface area contributed by atoms with Crippen LogP contribution in [0.15, 0.2) is 18.2 Å². The number of rotatable bonds is 6. The SMILES string of the molecule is CCCN(CC1CCCCN1)c1cc(C)ccc1C(N)=O. The number of carbonyl (C=O) groups is 1. The summed E-state index contributed by atoms with van der Waals surface area (Å²) >= 11 is 0. The largest absolute Gasteiger partial charge is 0.369 e. The van der Waals surface area contributed by atoms with Gasteiger partial charge in [0.2, 0.25) is 0 Å². The number of carbonyl (C=O) groups excluding carboxylic acids is 1. The van der Waals surface area contributed by atoms with Gasteiger partial charge in [0, 0.05) is 24.8 Å². The van der Waals surface area contributed by atoms with E-state index in [1.54, 1.807) is 0 Å². The summed E-state index contributed by atoms with van der Waals surface area (Å²) in [6, 6.07) is 6.39. The summed E-state index contributed by atoms with van der Waals surface area (Å²) in [4.78, 5) is 14.0. The number of primary amides is 1. The Morgan fingerprint density at radius 1 is 1.43 bits per heavy atom. The molecular formula is C17H27N3O. The van der Waals surface area contributed by atoms with Crippen molar-refractivity contribution in [3.63, 3.8) is 0 Å². The van der Waals surface area contributed by atoms with Gasteiger partial charge in [-0.3, -0.25) is 4.79 Å². The quantitative estimate of drug-likeness (QED) is 0.845. The van der Waals surface area contributed by atoms with Crippen LogP contribution in [0.2, 0.25) is 0 Å². The van der Waals surface area contributed by atoms with E-state index in [1.165, 1.54) is 19.3 Å². The molecule has 0 spiro atoms. The van der Waals surface area contributed by atoms with E-state index in [-0.39, 0.29) is 5.91 Å². The molecular weight excluding hydrogens is 262 g/mol. The van der Waals surface area contributed by atoms with E-state index >= 15 is 0 Å². The highest BCUT2D eigenvalue weighted by atomic mass is 16.1. The lowest BCUT2D eigenvalue weighted by atomic mass is 10.0. The van der Waals surface area contributed by atoms with Gasteiger partial charge in [-0.15, -0.1) is 0 Å². The molecule has 0 saturated carbocycles. The number of benzene rings is 1. The summed E-state index contributed by atoms with van der Waals surface area (Å²) in [5.74, 6) is -0.345. The van der Waals surface area contributed by atoms with Gasteiger partial charge in [-0.05, 0) is 50.4 Å². The minimum Gasteiger partial charge on any atom is -0.369 e. The van der Waals surface area contributed by atoms with Crippen molar-refractivity contribution in [1.29, 1.82) is 0 Å². The first-order valence-electron chi connectivity index (χ1n) is 8.00. The molecule has 4 nitrogen and oxygen atoms in total. The van der Waals surface area contributed by atoms with Crippen LogP contribution < -0.4 is 16.0 Å². The normalized spacial score (nSPS) is 18.5. The second-order valence-corrected chi connectivity index (χ2v) is 5.98. The molecule has 1 amide bonds. The minimum absolute atomic E-state index is 0.345. The Balaban J connectivity index is 2.23. The molecule has 1 aliphatic heterocycles. The Labute approximate surface area is 127 Å². The zero-order valence-corrected chi connectivity index (χ0v) is 13.2. The third kappa shape index (κ3) is 4.21. The van der Waals surface area contributed by atoms with E-state index in [2.05, 4.69) is 30.1 Å². The van der Waals surface area contributed by atoms with E-state index in [9.17, 15) is 4.79 Å². The van der Waals surface area contributed by atoms with Gasteiger partial charge in [0.05, 0.1) is 5.56 Å². The summed E-state index contributed by atoms with van der Waals surface area (Å²) in [7, 11) is 0. The molecule has 2 rings (SSSR count). The molecule has 1 unspecified atom stereocenters. The van der Waals surface area contributed by atoms with Gasteiger partial charge in [-0.1, -0.05) is 19.4 Å². The van der Waals surface area contributed by atoms with Crippen molar-refractivity contribution in [2.45, 2.75) is 45.6 Å². The van der Waals surface area contributed by atoms with E-state index in [1.807, 2.05) is 12.1 Å². The fourth-order valence-electron chi connectivity index (χ4n) is 3.04. The van der Waals surface area contributed by atoms with Crippen molar-refractivity contribution < 1.29 is 4.79 Å². The van der Waals surface area contributed by atoms with Crippen LogP contribution in [0.4, 0.5) is 5.69 Å². The van der Waals surface area contributed by atoms with Crippen LogP contribution in [0.5, 0.6) is 0 Å². The molecule has 1 heterocycles. The lowest BCUT2D eigenvalue weighted by Crippen LogP contribution is -2.44. The fraction of sp³-hybridized carbons (Fsp3) is 0.588. The number of nitrogens with two attached hydrogens (primary N) is 1. The lowest BCUT2D eigenvalue weighted by molar-refractivity contribution is 0.100. The molecule has 4 heteroatoms. The number of anilines is 1. The highest BCUT2D eigenvalue weighted by Gasteiger charge is 2.20. The molecule has 21 heavy (non-hydrogen) atoms. The summed E-state index contributed by atoms with van der Waals surface area (Å²) in [6.07, 6.45) is 4.81. The zero-order chi connectivity index (χ0) is 15.2. The smallest absolute Gasteiger partial charge is 0.250 e. The third-order valence-corrected chi connectivity index (χ3v) is 4.11. The molecule has 116 valence electrons. The Hall–Kier alpha value is -1.55. The number of piperidine rings is 1. The summed E-state index contributed by atoms with van der Waals surface area (Å²) < 4.78 is 0. The third-order valence-electron chi connectivity index (χ3n) is 4.11. The summed E-state index contributed by atoms with van der Waals surface area (Å²) in [5, 5.41) is 3.58. The van der Waals surface area contributed by atoms with E-state index in [0.29, 0.717) is 11.6 Å². The molecule has 1 saturated heterocycles. The molecule has 1 fully saturated rings. The number of amides is 1. The predicted molar refractivity (Wildman–Crippen MR) is 87.8 cm³/mol. The molecule has 0 bridgehead atoms. The van der Waals surface area contributed by atoms with Crippen molar-refractivity contribution >= 4 is 11.6 Å². The standard InChI is InChI=1S/C17H27N3O/c1-3-10-20(12-14-6-4-5-9-19-14)16-11-13(2)7-8-15(16)17(18)21/h7-8,11,14,19H,3-6,9-10,12H2,1-2H3,(H2,18,21). The zero-order valence-electron chi connectivity index (χ0n) is 13.2. The van der Waals surface area contributed by atoms with Crippen molar-refractivity contribution in [2.24, 2.45) is 5.73 Å². The van der Waals surface area contributed by atoms with Crippen molar-refractivity contribution in [2.75, 3.05) is 24.5 Å². The summed E-state index contributed by atoms with van der Waals surface area (Å²) in [6.45, 7) is 7.21. The number of aryl methyl sites for hydroxylation is 1. The van der Waals surface area contributed by atoms with Crippen LogP contribution in [0.1, 0.15) is 48.5 Å². The Bertz CT molecular complexity index is 481. The number of nitrogens with zero attached hydrogens (tertiary/aromatic N) is 1. The lowest BCUT2D eigenvalue weighted by Gasteiger charge is -2.33. The molecule has 0 aliphatic carbocycles. The first-order valence-corrected chi connectivity index (χ1v) is 8.00. The van der Waals surface area contributed by atoms with Gasteiger partial charge in [0.25, 0.3) is 5.91 Å². The molecule has 1 aromatic rings. The second-order valence-electron chi connectivity index (χ2n) is 5.98. The van der Waals surface area contributed by atoms with Crippen molar-refractivity contribution in [3.8, 4) is 0 Å². The van der Waals surface area contributed by atoms with Gasteiger partial charge in [0.1, 0.15) is 0 Å². The first-order chi connectivity index (χ1) is 10.1. The maximum absolute atomic E-state index is 11.7. The van der Waals surface area contributed by atoms with E-state index < -0.39 is 0 Å². The van der Waals surface area contributed by atoms with Crippen molar-refractivity contribution in [1.82, 2.24) is 5.32 Å². The molecule has 1 aliphatic rings. The maximum atomic E-state index is 11.7. The van der Waals surface area contributed by atoms with Crippen LogP contribution in [0.25, 0.3) is 0 Å². The van der Waals surface area contributed by atoms with Gasteiger partial charge in [0.15, 0.2) is 0 Å².